The number of benzene rings is 1. The Morgan fingerprint density at radius 2 is 2.17 bits per heavy atom. The van der Waals surface area contributed by atoms with Crippen molar-refractivity contribution in [1.29, 1.82) is 0 Å². The maximum absolute atomic E-state index is 12.1. The summed E-state index contributed by atoms with van der Waals surface area (Å²) < 4.78 is 5.77. The van der Waals surface area contributed by atoms with E-state index in [2.05, 4.69) is 50.5 Å². The summed E-state index contributed by atoms with van der Waals surface area (Å²) >= 11 is 0. The summed E-state index contributed by atoms with van der Waals surface area (Å²) in [4.78, 5) is 12.1. The van der Waals surface area contributed by atoms with Gasteiger partial charge in [0.05, 0.1) is 6.54 Å². The van der Waals surface area contributed by atoms with Gasteiger partial charge in [-0.2, -0.15) is 0 Å². The van der Waals surface area contributed by atoms with E-state index in [1.165, 1.54) is 5.56 Å². The molecule has 0 spiro atoms. The number of nitrogens with one attached hydrogen (secondary N) is 2. The van der Waals surface area contributed by atoms with E-state index >= 15 is 0 Å². The number of hydrogen-bond donors (Lipinski definition) is 2. The Labute approximate surface area is 140 Å². The largest absolute Gasteiger partial charge is 0.492 e. The zero-order valence-corrected chi connectivity index (χ0v) is 14.8. The van der Waals surface area contributed by atoms with Crippen molar-refractivity contribution >= 4 is 5.91 Å². The summed E-state index contributed by atoms with van der Waals surface area (Å²) in [7, 11) is 0. The van der Waals surface area contributed by atoms with Gasteiger partial charge >= 0.3 is 0 Å². The van der Waals surface area contributed by atoms with Crippen LogP contribution < -0.4 is 15.4 Å². The molecule has 0 aromatic heterocycles. The molecule has 4 nitrogen and oxygen atoms in total. The smallest absolute Gasteiger partial charge is 0.223 e. The Kier molecular flexibility index (Phi) is 6.05. The second-order valence-corrected chi connectivity index (χ2v) is 7.49. The van der Waals surface area contributed by atoms with Gasteiger partial charge in [-0.3, -0.25) is 4.79 Å². The van der Waals surface area contributed by atoms with Crippen LogP contribution in [-0.2, 0) is 10.2 Å². The Hall–Kier alpha value is -1.55. The van der Waals surface area contributed by atoms with E-state index in [1.54, 1.807) is 0 Å². The predicted octanol–water partition coefficient (Wildman–Crippen LogP) is 2.87. The number of piperidine rings is 1. The normalized spacial score (nSPS) is 21.7. The van der Waals surface area contributed by atoms with Gasteiger partial charge in [-0.25, -0.2) is 0 Å². The maximum atomic E-state index is 12.1. The van der Waals surface area contributed by atoms with Crippen LogP contribution in [0.15, 0.2) is 24.3 Å². The van der Waals surface area contributed by atoms with Gasteiger partial charge in [-0.1, -0.05) is 32.9 Å². The monoisotopic (exact) mass is 318 g/mol. The lowest BCUT2D eigenvalue weighted by molar-refractivity contribution is -0.126. The Bertz CT molecular complexity index is 522. The van der Waals surface area contributed by atoms with Crippen molar-refractivity contribution in [2.75, 3.05) is 19.7 Å². The van der Waals surface area contributed by atoms with Crippen LogP contribution in [0, 0.1) is 5.92 Å². The average Bonchev–Trinajstić information content (AvgIpc) is 2.51. The van der Waals surface area contributed by atoms with Crippen LogP contribution in [0.5, 0.6) is 5.75 Å². The van der Waals surface area contributed by atoms with Crippen LogP contribution in [0.3, 0.4) is 0 Å². The van der Waals surface area contributed by atoms with Crippen LogP contribution in [0.4, 0.5) is 0 Å². The molecule has 0 unspecified atom stereocenters. The highest BCUT2D eigenvalue weighted by atomic mass is 16.5. The minimum Gasteiger partial charge on any atom is -0.492 e. The standard InChI is InChI=1S/C19H30N2O2/c1-14-12-15(8-9-20-14)18(22)21-10-11-23-17-7-5-6-16(13-17)19(2,3)4/h5-7,13-15,20H,8-12H2,1-4H3,(H,21,22)/t14-,15-/m0/s1. The number of carbonyl (C=O) groups excluding carboxylic acids is 1. The molecule has 2 atom stereocenters. The molecule has 2 rings (SSSR count). The predicted molar refractivity (Wildman–Crippen MR) is 93.8 cm³/mol. The minimum atomic E-state index is 0.110. The van der Waals surface area contributed by atoms with Gasteiger partial charge in [0.15, 0.2) is 0 Å². The summed E-state index contributed by atoms with van der Waals surface area (Å²) in [5.74, 6) is 1.16. The van der Waals surface area contributed by atoms with Gasteiger partial charge in [0, 0.05) is 12.0 Å². The fraction of sp³-hybridized carbons (Fsp3) is 0.632. The summed E-state index contributed by atoms with van der Waals surface area (Å²) in [6, 6.07) is 8.61. The molecule has 2 N–H and O–H groups in total. The summed E-state index contributed by atoms with van der Waals surface area (Å²) in [6.45, 7) is 10.7. The number of hydrogen-bond acceptors (Lipinski definition) is 3. The second kappa shape index (κ2) is 7.82. The van der Waals surface area contributed by atoms with Crippen molar-refractivity contribution in [3.05, 3.63) is 29.8 Å². The van der Waals surface area contributed by atoms with Gasteiger partial charge in [0.2, 0.25) is 5.91 Å². The minimum absolute atomic E-state index is 0.110. The van der Waals surface area contributed by atoms with Gasteiger partial charge in [0.1, 0.15) is 12.4 Å². The number of rotatable bonds is 5. The van der Waals surface area contributed by atoms with Crippen molar-refractivity contribution in [3.63, 3.8) is 0 Å². The molecule has 23 heavy (non-hydrogen) atoms. The molecule has 0 saturated carbocycles. The van der Waals surface area contributed by atoms with Crippen LogP contribution in [0.1, 0.15) is 46.1 Å². The van der Waals surface area contributed by atoms with Crippen molar-refractivity contribution in [3.8, 4) is 5.75 Å². The third-order valence-electron chi connectivity index (χ3n) is 4.36. The van der Waals surface area contributed by atoms with E-state index in [0.717, 1.165) is 25.1 Å². The van der Waals surface area contributed by atoms with Crippen molar-refractivity contribution in [2.24, 2.45) is 5.92 Å². The van der Waals surface area contributed by atoms with E-state index in [-0.39, 0.29) is 17.2 Å². The molecule has 4 heteroatoms. The third-order valence-corrected chi connectivity index (χ3v) is 4.36. The van der Waals surface area contributed by atoms with Crippen molar-refractivity contribution in [1.82, 2.24) is 10.6 Å². The highest BCUT2D eigenvalue weighted by molar-refractivity contribution is 5.78. The molecular formula is C19H30N2O2. The SMILES string of the molecule is C[C@H]1C[C@@H](C(=O)NCCOc2cccc(C(C)(C)C)c2)CCN1. The fourth-order valence-corrected chi connectivity index (χ4v) is 2.91. The summed E-state index contributed by atoms with van der Waals surface area (Å²) in [5.41, 5.74) is 1.36. The van der Waals surface area contributed by atoms with E-state index in [4.69, 9.17) is 4.74 Å². The molecule has 1 aliphatic heterocycles. The van der Waals surface area contributed by atoms with Gasteiger partial charge in [0.25, 0.3) is 0 Å². The molecule has 0 bridgehead atoms. The maximum Gasteiger partial charge on any atom is 0.223 e. The first kappa shape index (κ1) is 17.8. The lowest BCUT2D eigenvalue weighted by Crippen LogP contribution is -2.43. The van der Waals surface area contributed by atoms with Gasteiger partial charge in [-0.05, 0) is 49.4 Å². The molecule has 1 fully saturated rings. The molecule has 0 aliphatic carbocycles. The first-order valence-corrected chi connectivity index (χ1v) is 8.60. The molecule has 1 aliphatic rings. The number of carbonyl (C=O) groups is 1. The fourth-order valence-electron chi connectivity index (χ4n) is 2.91. The molecule has 1 aromatic carbocycles. The summed E-state index contributed by atoms with van der Waals surface area (Å²) in [6.07, 6.45) is 1.84. The van der Waals surface area contributed by atoms with E-state index in [0.29, 0.717) is 19.2 Å². The van der Waals surface area contributed by atoms with E-state index in [1.807, 2.05) is 12.1 Å². The first-order valence-electron chi connectivity index (χ1n) is 8.60. The third kappa shape index (κ3) is 5.54. The van der Waals surface area contributed by atoms with E-state index in [9.17, 15) is 4.79 Å². The van der Waals surface area contributed by atoms with Crippen LogP contribution >= 0.6 is 0 Å². The van der Waals surface area contributed by atoms with Crippen LogP contribution in [0.25, 0.3) is 0 Å². The Balaban J connectivity index is 1.74. The first-order chi connectivity index (χ1) is 10.9. The zero-order chi connectivity index (χ0) is 16.9. The molecule has 1 saturated heterocycles. The molecule has 0 radical (unpaired) electrons. The molecule has 128 valence electrons. The molecule has 1 aromatic rings. The Morgan fingerprint density at radius 1 is 1.39 bits per heavy atom. The molecule has 1 amide bonds. The topological polar surface area (TPSA) is 50.4 Å². The number of amides is 1. The highest BCUT2D eigenvalue weighted by Gasteiger charge is 2.24. The molecule has 1 heterocycles. The van der Waals surface area contributed by atoms with Crippen LogP contribution in [0.2, 0.25) is 0 Å². The lowest BCUT2D eigenvalue weighted by atomic mass is 9.87. The zero-order valence-electron chi connectivity index (χ0n) is 14.8. The van der Waals surface area contributed by atoms with Crippen LogP contribution in [-0.4, -0.2) is 31.6 Å². The second-order valence-electron chi connectivity index (χ2n) is 7.49. The van der Waals surface area contributed by atoms with Crippen molar-refractivity contribution < 1.29 is 9.53 Å². The summed E-state index contributed by atoms with van der Waals surface area (Å²) in [5, 5.41) is 6.36. The quantitative estimate of drug-likeness (QED) is 0.821. The van der Waals surface area contributed by atoms with Gasteiger partial charge in [-0.15, -0.1) is 0 Å². The van der Waals surface area contributed by atoms with Gasteiger partial charge < -0.3 is 15.4 Å². The highest BCUT2D eigenvalue weighted by Crippen LogP contribution is 2.25. The average molecular weight is 318 g/mol. The van der Waals surface area contributed by atoms with E-state index < -0.39 is 0 Å². The lowest BCUT2D eigenvalue weighted by Gasteiger charge is -2.27. The van der Waals surface area contributed by atoms with Crippen molar-refractivity contribution in [2.45, 2.75) is 52.0 Å². The Morgan fingerprint density at radius 3 is 2.87 bits per heavy atom. The molecular weight excluding hydrogens is 288 g/mol. The number of ether oxygens (including phenoxy) is 1.